The fraction of sp³-hybridized carbons (Fsp3) is 0.600. The Morgan fingerprint density at radius 2 is 2.40 bits per heavy atom. The maximum Gasteiger partial charge on any atom is 0.251 e. The normalized spacial score (nSPS) is 21.7. The molecule has 1 amide bonds. The molecular weight excluding hydrogens is 270 g/mol. The summed E-state index contributed by atoms with van der Waals surface area (Å²) in [4.78, 5) is 16.4. The highest BCUT2D eigenvalue weighted by Crippen LogP contribution is 2.36. The quantitative estimate of drug-likeness (QED) is 0.847. The Kier molecular flexibility index (Phi) is 5.29. The van der Waals surface area contributed by atoms with E-state index in [4.69, 9.17) is 0 Å². The van der Waals surface area contributed by atoms with E-state index in [1.54, 1.807) is 12.3 Å². The molecule has 1 aromatic heterocycles. The number of hydrogen-bond acceptors (Lipinski definition) is 4. The standard InChI is InChI=1S/C15H23N3OS/c1-3-7-16-13-10-12(5-8-17-13)14(19)18-11-15(2)6-4-9-20-15/h5,8,10H,3-4,6-7,9,11H2,1-2H3,(H,16,17)(H,18,19). The summed E-state index contributed by atoms with van der Waals surface area (Å²) in [6.45, 7) is 5.93. The number of carbonyl (C=O) groups excluding carboxylic acids is 1. The van der Waals surface area contributed by atoms with E-state index in [-0.39, 0.29) is 10.7 Å². The molecular formula is C15H23N3OS. The van der Waals surface area contributed by atoms with Crippen molar-refractivity contribution in [3.05, 3.63) is 23.9 Å². The lowest BCUT2D eigenvalue weighted by Crippen LogP contribution is -2.36. The number of rotatable bonds is 6. The Balaban J connectivity index is 1.91. The topological polar surface area (TPSA) is 54.0 Å². The molecule has 0 aliphatic carbocycles. The molecule has 1 aromatic rings. The molecule has 0 spiro atoms. The first-order valence-electron chi connectivity index (χ1n) is 7.25. The minimum absolute atomic E-state index is 0.0133. The second-order valence-corrected chi connectivity index (χ2v) is 7.12. The van der Waals surface area contributed by atoms with Crippen LogP contribution < -0.4 is 10.6 Å². The number of nitrogens with zero attached hydrogens (tertiary/aromatic N) is 1. The highest BCUT2D eigenvalue weighted by Gasteiger charge is 2.29. The number of pyridine rings is 1. The van der Waals surface area contributed by atoms with Crippen molar-refractivity contribution >= 4 is 23.5 Å². The average molecular weight is 293 g/mol. The van der Waals surface area contributed by atoms with Gasteiger partial charge in [-0.05, 0) is 44.1 Å². The van der Waals surface area contributed by atoms with Crippen LogP contribution in [0.15, 0.2) is 18.3 Å². The number of aromatic nitrogens is 1. The van der Waals surface area contributed by atoms with Gasteiger partial charge in [0.2, 0.25) is 0 Å². The molecule has 1 aliphatic rings. The van der Waals surface area contributed by atoms with Crippen LogP contribution in [0.5, 0.6) is 0 Å². The van der Waals surface area contributed by atoms with Crippen LogP contribution >= 0.6 is 11.8 Å². The third kappa shape index (κ3) is 4.13. The van der Waals surface area contributed by atoms with Gasteiger partial charge in [0.25, 0.3) is 5.91 Å². The first-order chi connectivity index (χ1) is 9.63. The number of carbonyl (C=O) groups is 1. The van der Waals surface area contributed by atoms with Gasteiger partial charge < -0.3 is 10.6 Å². The summed E-state index contributed by atoms with van der Waals surface area (Å²) in [5.41, 5.74) is 0.671. The van der Waals surface area contributed by atoms with Gasteiger partial charge in [0.15, 0.2) is 0 Å². The number of anilines is 1. The van der Waals surface area contributed by atoms with Crippen LogP contribution in [0.4, 0.5) is 5.82 Å². The monoisotopic (exact) mass is 293 g/mol. The van der Waals surface area contributed by atoms with Gasteiger partial charge in [0.05, 0.1) is 0 Å². The van der Waals surface area contributed by atoms with Crippen LogP contribution in [0, 0.1) is 0 Å². The molecule has 2 N–H and O–H groups in total. The minimum Gasteiger partial charge on any atom is -0.370 e. The van der Waals surface area contributed by atoms with Crippen molar-refractivity contribution in [2.24, 2.45) is 0 Å². The Labute approximate surface area is 125 Å². The zero-order valence-corrected chi connectivity index (χ0v) is 13.1. The Morgan fingerprint density at radius 1 is 1.55 bits per heavy atom. The van der Waals surface area contributed by atoms with Crippen molar-refractivity contribution in [1.29, 1.82) is 0 Å². The summed E-state index contributed by atoms with van der Waals surface area (Å²) in [5.74, 6) is 1.95. The van der Waals surface area contributed by atoms with Crippen molar-refractivity contribution in [1.82, 2.24) is 10.3 Å². The Bertz CT molecular complexity index is 458. The van der Waals surface area contributed by atoms with E-state index in [9.17, 15) is 4.79 Å². The maximum absolute atomic E-state index is 12.2. The van der Waals surface area contributed by atoms with Crippen molar-refractivity contribution in [2.45, 2.75) is 37.9 Å². The van der Waals surface area contributed by atoms with Gasteiger partial charge >= 0.3 is 0 Å². The fourth-order valence-electron chi connectivity index (χ4n) is 2.27. The lowest BCUT2D eigenvalue weighted by molar-refractivity contribution is 0.0950. The van der Waals surface area contributed by atoms with Crippen LogP contribution in [-0.4, -0.2) is 34.5 Å². The summed E-state index contributed by atoms with van der Waals surface area (Å²) >= 11 is 1.96. The highest BCUT2D eigenvalue weighted by atomic mass is 32.2. The summed E-state index contributed by atoms with van der Waals surface area (Å²) in [5, 5.41) is 6.25. The zero-order chi connectivity index (χ0) is 14.4. The lowest BCUT2D eigenvalue weighted by atomic mass is 10.1. The molecule has 1 atom stereocenters. The van der Waals surface area contributed by atoms with E-state index in [1.165, 1.54) is 18.6 Å². The molecule has 5 heteroatoms. The SMILES string of the molecule is CCCNc1cc(C(=O)NCC2(C)CCCS2)ccn1. The molecule has 2 heterocycles. The third-order valence-electron chi connectivity index (χ3n) is 3.50. The zero-order valence-electron chi connectivity index (χ0n) is 12.2. The predicted octanol–water partition coefficient (Wildman–Crippen LogP) is 2.92. The molecule has 0 bridgehead atoms. The predicted molar refractivity (Wildman–Crippen MR) is 85.4 cm³/mol. The van der Waals surface area contributed by atoms with E-state index in [2.05, 4.69) is 29.5 Å². The molecule has 2 rings (SSSR count). The van der Waals surface area contributed by atoms with Gasteiger partial charge in [0.1, 0.15) is 5.82 Å². The molecule has 0 radical (unpaired) electrons. The van der Waals surface area contributed by atoms with Crippen molar-refractivity contribution in [3.63, 3.8) is 0 Å². The average Bonchev–Trinajstić information content (AvgIpc) is 2.90. The van der Waals surface area contributed by atoms with Gasteiger partial charge in [-0.25, -0.2) is 4.98 Å². The second-order valence-electron chi connectivity index (χ2n) is 5.44. The summed E-state index contributed by atoms with van der Waals surface area (Å²) in [7, 11) is 0. The van der Waals surface area contributed by atoms with Crippen molar-refractivity contribution < 1.29 is 4.79 Å². The van der Waals surface area contributed by atoms with Crippen LogP contribution in [0.1, 0.15) is 43.5 Å². The van der Waals surface area contributed by atoms with Crippen LogP contribution in [0.2, 0.25) is 0 Å². The van der Waals surface area contributed by atoms with Crippen molar-refractivity contribution in [2.75, 3.05) is 24.2 Å². The Morgan fingerprint density at radius 3 is 3.10 bits per heavy atom. The van der Waals surface area contributed by atoms with Crippen LogP contribution in [0.25, 0.3) is 0 Å². The maximum atomic E-state index is 12.2. The second kappa shape index (κ2) is 6.97. The molecule has 1 aliphatic heterocycles. The van der Waals surface area contributed by atoms with Crippen LogP contribution in [-0.2, 0) is 0 Å². The first kappa shape index (κ1) is 15.2. The summed E-state index contributed by atoms with van der Waals surface area (Å²) in [6.07, 6.45) is 5.14. The number of amides is 1. The fourth-order valence-corrected chi connectivity index (χ4v) is 3.51. The van der Waals surface area contributed by atoms with E-state index in [0.717, 1.165) is 25.3 Å². The molecule has 110 valence electrons. The molecule has 1 unspecified atom stereocenters. The summed E-state index contributed by atoms with van der Waals surface area (Å²) in [6, 6.07) is 3.58. The lowest BCUT2D eigenvalue weighted by Gasteiger charge is -2.22. The molecule has 1 saturated heterocycles. The molecule has 0 saturated carbocycles. The molecule has 1 fully saturated rings. The van der Waals surface area contributed by atoms with Gasteiger partial charge in [-0.1, -0.05) is 6.92 Å². The number of thioether (sulfide) groups is 1. The minimum atomic E-state index is -0.0133. The largest absolute Gasteiger partial charge is 0.370 e. The smallest absolute Gasteiger partial charge is 0.251 e. The van der Waals surface area contributed by atoms with Gasteiger partial charge in [-0.2, -0.15) is 11.8 Å². The molecule has 20 heavy (non-hydrogen) atoms. The highest BCUT2D eigenvalue weighted by molar-refractivity contribution is 8.00. The Hall–Kier alpha value is -1.23. The van der Waals surface area contributed by atoms with Crippen LogP contribution in [0.3, 0.4) is 0 Å². The molecule has 4 nitrogen and oxygen atoms in total. The summed E-state index contributed by atoms with van der Waals surface area (Å²) < 4.78 is 0.200. The van der Waals surface area contributed by atoms with E-state index in [0.29, 0.717) is 5.56 Å². The number of hydrogen-bond donors (Lipinski definition) is 2. The number of nitrogens with one attached hydrogen (secondary N) is 2. The van der Waals surface area contributed by atoms with E-state index in [1.807, 2.05) is 17.8 Å². The van der Waals surface area contributed by atoms with E-state index < -0.39 is 0 Å². The van der Waals surface area contributed by atoms with Crippen molar-refractivity contribution in [3.8, 4) is 0 Å². The molecule has 0 aromatic carbocycles. The van der Waals surface area contributed by atoms with E-state index >= 15 is 0 Å². The van der Waals surface area contributed by atoms with Gasteiger partial charge in [-0.3, -0.25) is 4.79 Å². The van der Waals surface area contributed by atoms with Gasteiger partial charge in [0, 0.05) is 29.6 Å². The van der Waals surface area contributed by atoms with Gasteiger partial charge in [-0.15, -0.1) is 0 Å². The third-order valence-corrected chi connectivity index (χ3v) is 5.04. The first-order valence-corrected chi connectivity index (χ1v) is 8.24.